The second kappa shape index (κ2) is 5.57. The van der Waals surface area contributed by atoms with Gasteiger partial charge in [-0.1, -0.05) is 17.2 Å². The number of fused-ring (bicyclic) bond motifs is 1. The van der Waals surface area contributed by atoms with Crippen molar-refractivity contribution < 1.29 is 9.90 Å². The molecule has 0 radical (unpaired) electrons. The van der Waals surface area contributed by atoms with Crippen LogP contribution in [0.4, 0.5) is 5.69 Å². The van der Waals surface area contributed by atoms with Gasteiger partial charge in [0, 0.05) is 11.0 Å². The molecular weight excluding hydrogens is 256 g/mol. The van der Waals surface area contributed by atoms with Crippen molar-refractivity contribution in [3.8, 4) is 6.07 Å². The summed E-state index contributed by atoms with van der Waals surface area (Å²) in [5.41, 5.74) is 9.72. The van der Waals surface area contributed by atoms with Crippen molar-refractivity contribution in [2.45, 2.75) is 0 Å². The average Bonchev–Trinajstić information content (AvgIpc) is 2.44. The van der Waals surface area contributed by atoms with Gasteiger partial charge in [0.15, 0.2) is 0 Å². The third-order valence-corrected chi connectivity index (χ3v) is 2.67. The predicted molar refractivity (Wildman–Crippen MR) is 74.1 cm³/mol. The van der Waals surface area contributed by atoms with E-state index >= 15 is 0 Å². The first-order chi connectivity index (χ1) is 9.63. The number of carboxylic acids is 1. The summed E-state index contributed by atoms with van der Waals surface area (Å²) in [6, 6.07) is 10.5. The summed E-state index contributed by atoms with van der Waals surface area (Å²) in [5.74, 6) is -1.03. The monoisotopic (exact) mass is 264 g/mol. The topological polar surface area (TPSA) is 110 Å². The van der Waals surface area contributed by atoms with Gasteiger partial charge >= 0.3 is 5.97 Å². The van der Waals surface area contributed by atoms with Gasteiger partial charge < -0.3 is 5.11 Å². The summed E-state index contributed by atoms with van der Waals surface area (Å²) in [5, 5.41) is 22.7. The second-order valence-corrected chi connectivity index (χ2v) is 3.95. The molecule has 0 aromatic heterocycles. The largest absolute Gasteiger partial charge is 0.478 e. The van der Waals surface area contributed by atoms with E-state index in [4.69, 9.17) is 15.9 Å². The van der Waals surface area contributed by atoms with Crippen LogP contribution in [-0.2, 0) is 4.79 Å². The zero-order chi connectivity index (χ0) is 14.5. The number of hydrogen-bond acceptors (Lipinski definition) is 3. The normalized spacial score (nSPS) is 10.2. The Kier molecular flexibility index (Phi) is 3.66. The Balaban J connectivity index is 2.59. The van der Waals surface area contributed by atoms with Crippen LogP contribution in [0.3, 0.4) is 0 Å². The molecule has 0 bridgehead atoms. The molecule has 0 fully saturated rings. The second-order valence-electron chi connectivity index (χ2n) is 3.95. The van der Waals surface area contributed by atoms with E-state index in [-0.39, 0.29) is 11.3 Å². The zero-order valence-electron chi connectivity index (χ0n) is 10.2. The van der Waals surface area contributed by atoms with E-state index in [2.05, 4.69) is 10.0 Å². The van der Waals surface area contributed by atoms with Crippen LogP contribution in [0.1, 0.15) is 11.1 Å². The zero-order valence-corrected chi connectivity index (χ0v) is 10.2. The minimum atomic E-state index is -1.03. The fraction of sp³-hybridized carbons (Fsp3) is 0. The third-order valence-electron chi connectivity index (χ3n) is 2.67. The molecule has 0 unspecified atom stereocenters. The molecule has 96 valence electrons. The lowest BCUT2D eigenvalue weighted by molar-refractivity contribution is -0.131. The molecule has 0 aliphatic rings. The molecule has 0 amide bonds. The van der Waals surface area contributed by atoms with Crippen molar-refractivity contribution >= 4 is 28.5 Å². The van der Waals surface area contributed by atoms with E-state index in [1.165, 1.54) is 6.08 Å². The van der Waals surface area contributed by atoms with Crippen LogP contribution in [0.25, 0.3) is 27.3 Å². The SMILES string of the molecule is N#Cc1cc2cc(/C=C/C(=O)O)ccc2cc1N=[N+]=[N-]. The molecule has 0 atom stereocenters. The molecule has 1 N–H and O–H groups in total. The van der Waals surface area contributed by atoms with Gasteiger partial charge in [0.25, 0.3) is 0 Å². The highest BCUT2D eigenvalue weighted by atomic mass is 16.4. The van der Waals surface area contributed by atoms with Crippen LogP contribution in [-0.4, -0.2) is 11.1 Å². The Morgan fingerprint density at radius 1 is 1.35 bits per heavy atom. The number of aliphatic carboxylic acids is 1. The lowest BCUT2D eigenvalue weighted by Crippen LogP contribution is -1.86. The average molecular weight is 264 g/mol. The van der Waals surface area contributed by atoms with Gasteiger partial charge in [0.1, 0.15) is 0 Å². The summed E-state index contributed by atoms with van der Waals surface area (Å²) < 4.78 is 0. The smallest absolute Gasteiger partial charge is 0.328 e. The molecule has 6 nitrogen and oxygen atoms in total. The number of carboxylic acid groups (broad SMARTS) is 1. The van der Waals surface area contributed by atoms with Crippen LogP contribution in [0, 0.1) is 11.3 Å². The predicted octanol–water partition coefficient (Wildman–Crippen LogP) is 3.75. The van der Waals surface area contributed by atoms with Gasteiger partial charge in [-0.2, -0.15) is 5.26 Å². The van der Waals surface area contributed by atoms with E-state index in [0.717, 1.165) is 16.8 Å². The molecule has 20 heavy (non-hydrogen) atoms. The first-order valence-corrected chi connectivity index (χ1v) is 5.58. The van der Waals surface area contributed by atoms with Crippen molar-refractivity contribution in [2.75, 3.05) is 0 Å². The van der Waals surface area contributed by atoms with Gasteiger partial charge in [0.2, 0.25) is 0 Å². The summed E-state index contributed by atoms with van der Waals surface area (Å²) in [7, 11) is 0. The van der Waals surface area contributed by atoms with E-state index < -0.39 is 5.97 Å². The number of azide groups is 1. The van der Waals surface area contributed by atoms with Crippen molar-refractivity contribution in [3.63, 3.8) is 0 Å². The molecular formula is C14H8N4O2. The lowest BCUT2D eigenvalue weighted by atomic mass is 10.0. The fourth-order valence-corrected chi connectivity index (χ4v) is 1.80. The quantitative estimate of drug-likeness (QED) is 0.394. The van der Waals surface area contributed by atoms with Gasteiger partial charge in [0.05, 0.1) is 17.3 Å². The van der Waals surface area contributed by atoms with Crippen LogP contribution < -0.4 is 0 Å². The molecule has 0 saturated carbocycles. The van der Waals surface area contributed by atoms with E-state index in [1.54, 1.807) is 30.3 Å². The Morgan fingerprint density at radius 2 is 2.15 bits per heavy atom. The number of carbonyl (C=O) groups is 1. The van der Waals surface area contributed by atoms with Crippen LogP contribution in [0.2, 0.25) is 0 Å². The van der Waals surface area contributed by atoms with Crippen molar-refractivity contribution in [1.82, 2.24) is 0 Å². The standard InChI is InChI=1S/C14H8N4O2/c15-8-12-6-11-5-9(2-4-14(19)20)1-3-10(11)7-13(12)17-18-16/h1-7H,(H,19,20)/b4-2+. The fourth-order valence-electron chi connectivity index (χ4n) is 1.80. The number of benzene rings is 2. The summed E-state index contributed by atoms with van der Waals surface area (Å²) in [4.78, 5) is 13.2. The minimum absolute atomic E-state index is 0.273. The number of nitriles is 1. The highest BCUT2D eigenvalue weighted by molar-refractivity contribution is 5.91. The first kappa shape index (κ1) is 13.1. The molecule has 0 aliphatic heterocycles. The summed E-state index contributed by atoms with van der Waals surface area (Å²) in [6.45, 7) is 0. The van der Waals surface area contributed by atoms with E-state index in [9.17, 15) is 4.79 Å². The highest BCUT2D eigenvalue weighted by Crippen LogP contribution is 2.27. The summed E-state index contributed by atoms with van der Waals surface area (Å²) in [6.07, 6.45) is 2.51. The molecule has 2 aromatic rings. The van der Waals surface area contributed by atoms with Crippen LogP contribution >= 0.6 is 0 Å². The summed E-state index contributed by atoms with van der Waals surface area (Å²) >= 11 is 0. The van der Waals surface area contributed by atoms with Gasteiger partial charge in [-0.05, 0) is 46.1 Å². The van der Waals surface area contributed by atoms with Gasteiger partial charge in [-0.25, -0.2) is 4.79 Å². The first-order valence-electron chi connectivity index (χ1n) is 5.58. The van der Waals surface area contributed by atoms with Crippen molar-refractivity contribution in [1.29, 1.82) is 5.26 Å². The van der Waals surface area contributed by atoms with Crippen molar-refractivity contribution in [2.24, 2.45) is 5.11 Å². The number of rotatable bonds is 3. The molecule has 0 aliphatic carbocycles. The maximum absolute atomic E-state index is 10.5. The van der Waals surface area contributed by atoms with E-state index in [0.29, 0.717) is 5.56 Å². The van der Waals surface area contributed by atoms with Crippen LogP contribution in [0.5, 0.6) is 0 Å². The maximum Gasteiger partial charge on any atom is 0.328 e. The number of nitrogens with zero attached hydrogens (tertiary/aromatic N) is 4. The Morgan fingerprint density at radius 3 is 2.80 bits per heavy atom. The molecule has 0 spiro atoms. The van der Waals surface area contributed by atoms with E-state index in [1.807, 2.05) is 6.07 Å². The molecule has 2 aromatic carbocycles. The molecule has 0 saturated heterocycles. The maximum atomic E-state index is 10.5. The Labute approximate surface area is 113 Å². The highest BCUT2D eigenvalue weighted by Gasteiger charge is 2.03. The Bertz CT molecular complexity index is 812. The van der Waals surface area contributed by atoms with Crippen LogP contribution in [0.15, 0.2) is 41.5 Å². The van der Waals surface area contributed by atoms with Gasteiger partial charge in [-0.15, -0.1) is 0 Å². The molecule has 0 heterocycles. The molecule has 6 heteroatoms. The Hall–Kier alpha value is -3.29. The lowest BCUT2D eigenvalue weighted by Gasteiger charge is -2.03. The number of hydrogen-bond donors (Lipinski definition) is 1. The van der Waals surface area contributed by atoms with Crippen molar-refractivity contribution in [3.05, 3.63) is 58.0 Å². The van der Waals surface area contributed by atoms with Gasteiger partial charge in [-0.3, -0.25) is 0 Å². The minimum Gasteiger partial charge on any atom is -0.478 e. The third kappa shape index (κ3) is 2.75. The molecule has 2 rings (SSSR count).